The highest BCUT2D eigenvalue weighted by molar-refractivity contribution is 7.12. The van der Waals surface area contributed by atoms with E-state index in [0.29, 0.717) is 18.5 Å². The standard InChI is InChI=1S/C12H15NO4S/c1-6-8(12(16)17)4-10(18-6)9-3-2-7(5-13-9)11(14)15/h4,7,9,13H,2-3,5H2,1H3,(H,14,15)(H,16,17). The second-order valence-corrected chi connectivity index (χ2v) is 5.79. The zero-order chi connectivity index (χ0) is 13.3. The highest BCUT2D eigenvalue weighted by atomic mass is 32.1. The van der Waals surface area contributed by atoms with Crippen molar-refractivity contribution in [3.8, 4) is 0 Å². The van der Waals surface area contributed by atoms with Gasteiger partial charge in [0.05, 0.1) is 11.5 Å². The summed E-state index contributed by atoms with van der Waals surface area (Å²) in [6.45, 7) is 2.24. The molecule has 1 aromatic rings. The van der Waals surface area contributed by atoms with Crippen LogP contribution in [-0.2, 0) is 4.79 Å². The number of carboxylic acid groups (broad SMARTS) is 2. The summed E-state index contributed by atoms with van der Waals surface area (Å²) < 4.78 is 0. The molecule has 1 fully saturated rings. The Balaban J connectivity index is 2.08. The third-order valence-electron chi connectivity index (χ3n) is 3.27. The SMILES string of the molecule is Cc1sc(C2CCC(C(=O)O)CN2)cc1C(=O)O. The van der Waals surface area contributed by atoms with Crippen LogP contribution in [0.1, 0.15) is 39.0 Å². The van der Waals surface area contributed by atoms with Crippen LogP contribution in [0.3, 0.4) is 0 Å². The second kappa shape index (κ2) is 5.07. The summed E-state index contributed by atoms with van der Waals surface area (Å²) in [5.41, 5.74) is 0.345. The van der Waals surface area contributed by atoms with Crippen LogP contribution < -0.4 is 5.32 Å². The molecule has 0 radical (unpaired) electrons. The number of carbonyl (C=O) groups is 2. The van der Waals surface area contributed by atoms with E-state index in [-0.39, 0.29) is 12.0 Å². The normalized spacial score (nSPS) is 23.8. The van der Waals surface area contributed by atoms with E-state index in [9.17, 15) is 9.59 Å². The maximum atomic E-state index is 11.0. The molecule has 5 nitrogen and oxygen atoms in total. The molecule has 0 bridgehead atoms. The van der Waals surface area contributed by atoms with Gasteiger partial charge in [0, 0.05) is 22.3 Å². The zero-order valence-electron chi connectivity index (χ0n) is 9.97. The number of aromatic carboxylic acids is 1. The zero-order valence-corrected chi connectivity index (χ0v) is 10.8. The van der Waals surface area contributed by atoms with Crippen molar-refractivity contribution in [2.75, 3.05) is 6.54 Å². The van der Waals surface area contributed by atoms with Crippen LogP contribution in [-0.4, -0.2) is 28.7 Å². The summed E-state index contributed by atoms with van der Waals surface area (Å²) in [5, 5.41) is 21.1. The van der Waals surface area contributed by atoms with Gasteiger partial charge in [-0.2, -0.15) is 0 Å². The second-order valence-electron chi connectivity index (χ2n) is 4.50. The van der Waals surface area contributed by atoms with Gasteiger partial charge in [-0.25, -0.2) is 4.79 Å². The van der Waals surface area contributed by atoms with Gasteiger partial charge in [0.2, 0.25) is 0 Å². The minimum absolute atomic E-state index is 0.0809. The van der Waals surface area contributed by atoms with E-state index < -0.39 is 11.9 Å². The number of nitrogens with one attached hydrogen (secondary N) is 1. The highest BCUT2D eigenvalue weighted by Gasteiger charge is 2.27. The lowest BCUT2D eigenvalue weighted by Gasteiger charge is -2.26. The van der Waals surface area contributed by atoms with Gasteiger partial charge in [-0.15, -0.1) is 11.3 Å². The summed E-state index contributed by atoms with van der Waals surface area (Å²) in [6.07, 6.45) is 1.36. The minimum Gasteiger partial charge on any atom is -0.481 e. The fourth-order valence-corrected chi connectivity index (χ4v) is 3.33. The van der Waals surface area contributed by atoms with Crippen molar-refractivity contribution in [3.63, 3.8) is 0 Å². The number of carboxylic acids is 2. The molecule has 1 aromatic heterocycles. The number of aliphatic carboxylic acids is 1. The van der Waals surface area contributed by atoms with Crippen LogP contribution in [0.25, 0.3) is 0 Å². The molecular weight excluding hydrogens is 254 g/mol. The molecule has 3 N–H and O–H groups in total. The lowest BCUT2D eigenvalue weighted by atomic mass is 9.94. The van der Waals surface area contributed by atoms with Crippen molar-refractivity contribution in [2.24, 2.45) is 5.92 Å². The lowest BCUT2D eigenvalue weighted by Crippen LogP contribution is -2.36. The third-order valence-corrected chi connectivity index (χ3v) is 4.44. The van der Waals surface area contributed by atoms with Gasteiger partial charge >= 0.3 is 11.9 Å². The number of rotatable bonds is 3. The Morgan fingerprint density at radius 2 is 2.11 bits per heavy atom. The number of piperidine rings is 1. The largest absolute Gasteiger partial charge is 0.481 e. The molecule has 98 valence electrons. The molecule has 18 heavy (non-hydrogen) atoms. The average molecular weight is 269 g/mol. The fraction of sp³-hybridized carbons (Fsp3) is 0.500. The number of aryl methyl sites for hydroxylation is 1. The predicted molar refractivity (Wildman–Crippen MR) is 67.1 cm³/mol. The molecule has 0 aromatic carbocycles. The maximum Gasteiger partial charge on any atom is 0.336 e. The van der Waals surface area contributed by atoms with Crippen LogP contribution in [0.4, 0.5) is 0 Å². The summed E-state index contributed by atoms with van der Waals surface area (Å²) in [6, 6.07) is 1.78. The van der Waals surface area contributed by atoms with Gasteiger partial charge in [-0.3, -0.25) is 4.79 Å². The molecule has 2 heterocycles. The maximum absolute atomic E-state index is 11.0. The Morgan fingerprint density at radius 1 is 1.39 bits per heavy atom. The van der Waals surface area contributed by atoms with E-state index in [1.807, 2.05) is 0 Å². The number of hydrogen-bond donors (Lipinski definition) is 3. The Labute approximate surface area is 108 Å². The lowest BCUT2D eigenvalue weighted by molar-refractivity contribution is -0.142. The van der Waals surface area contributed by atoms with Crippen LogP contribution in [0.15, 0.2) is 6.07 Å². The molecule has 0 aliphatic carbocycles. The summed E-state index contributed by atoms with van der Waals surface area (Å²) in [7, 11) is 0. The Morgan fingerprint density at radius 3 is 2.56 bits per heavy atom. The van der Waals surface area contributed by atoms with E-state index in [1.54, 1.807) is 13.0 Å². The van der Waals surface area contributed by atoms with Crippen LogP contribution >= 0.6 is 11.3 Å². The van der Waals surface area contributed by atoms with E-state index in [2.05, 4.69) is 5.32 Å². The predicted octanol–water partition coefficient (Wildman–Crippen LogP) is 1.88. The van der Waals surface area contributed by atoms with Gasteiger partial charge < -0.3 is 15.5 Å². The van der Waals surface area contributed by atoms with Gasteiger partial charge in [0.15, 0.2) is 0 Å². The minimum atomic E-state index is -0.908. The van der Waals surface area contributed by atoms with Crippen LogP contribution in [0.2, 0.25) is 0 Å². The van der Waals surface area contributed by atoms with Crippen molar-refractivity contribution in [1.29, 1.82) is 0 Å². The van der Waals surface area contributed by atoms with Gasteiger partial charge in [0.1, 0.15) is 0 Å². The van der Waals surface area contributed by atoms with Crippen LogP contribution in [0.5, 0.6) is 0 Å². The first-order valence-corrected chi connectivity index (χ1v) is 6.60. The molecule has 0 saturated carbocycles. The summed E-state index contributed by atoms with van der Waals surface area (Å²) in [4.78, 5) is 23.6. The molecule has 1 aliphatic rings. The van der Waals surface area contributed by atoms with E-state index in [0.717, 1.165) is 16.2 Å². The quantitative estimate of drug-likeness (QED) is 0.780. The molecule has 2 rings (SSSR count). The number of thiophene rings is 1. The first kappa shape index (κ1) is 13.0. The summed E-state index contributed by atoms with van der Waals surface area (Å²) in [5.74, 6) is -2.01. The monoisotopic (exact) mass is 269 g/mol. The highest BCUT2D eigenvalue weighted by Crippen LogP contribution is 2.32. The third kappa shape index (κ3) is 2.54. The molecule has 2 atom stereocenters. The van der Waals surface area contributed by atoms with Crippen molar-refractivity contribution < 1.29 is 19.8 Å². The smallest absolute Gasteiger partial charge is 0.336 e. The summed E-state index contributed by atoms with van der Waals surface area (Å²) >= 11 is 1.47. The van der Waals surface area contributed by atoms with Gasteiger partial charge in [0.25, 0.3) is 0 Å². The van der Waals surface area contributed by atoms with E-state index in [1.165, 1.54) is 11.3 Å². The van der Waals surface area contributed by atoms with Crippen molar-refractivity contribution >= 4 is 23.3 Å². The first-order chi connectivity index (χ1) is 8.49. The van der Waals surface area contributed by atoms with E-state index in [4.69, 9.17) is 10.2 Å². The van der Waals surface area contributed by atoms with Crippen molar-refractivity contribution in [3.05, 3.63) is 21.4 Å². The molecule has 1 saturated heterocycles. The molecular formula is C12H15NO4S. The average Bonchev–Trinajstić information content (AvgIpc) is 2.71. The molecule has 6 heteroatoms. The molecule has 0 spiro atoms. The van der Waals surface area contributed by atoms with Crippen molar-refractivity contribution in [1.82, 2.24) is 5.32 Å². The fourth-order valence-electron chi connectivity index (χ4n) is 2.20. The number of hydrogen-bond acceptors (Lipinski definition) is 4. The first-order valence-electron chi connectivity index (χ1n) is 5.79. The van der Waals surface area contributed by atoms with Gasteiger partial charge in [-0.05, 0) is 25.8 Å². The molecule has 2 unspecified atom stereocenters. The Hall–Kier alpha value is -1.40. The van der Waals surface area contributed by atoms with Gasteiger partial charge in [-0.1, -0.05) is 0 Å². The molecule has 0 amide bonds. The Kier molecular flexibility index (Phi) is 3.68. The van der Waals surface area contributed by atoms with Crippen molar-refractivity contribution in [2.45, 2.75) is 25.8 Å². The van der Waals surface area contributed by atoms with Crippen LogP contribution in [0, 0.1) is 12.8 Å². The Bertz CT molecular complexity index is 474. The molecule has 1 aliphatic heterocycles. The topological polar surface area (TPSA) is 86.6 Å². The van der Waals surface area contributed by atoms with E-state index >= 15 is 0 Å².